The first-order valence-corrected chi connectivity index (χ1v) is 10.2. The highest BCUT2D eigenvalue weighted by Gasteiger charge is 2.17. The lowest BCUT2D eigenvalue weighted by Crippen LogP contribution is -2.22. The predicted molar refractivity (Wildman–Crippen MR) is 111 cm³/mol. The number of hydrogen-bond donors (Lipinski definition) is 1. The number of hydrogen-bond acceptors (Lipinski definition) is 3. The first kappa shape index (κ1) is 17.9. The molecule has 0 bridgehead atoms. The van der Waals surface area contributed by atoms with Crippen LogP contribution in [0.2, 0.25) is 0 Å². The molecule has 0 unspecified atom stereocenters. The summed E-state index contributed by atoms with van der Waals surface area (Å²) in [6.45, 7) is 4.45. The second kappa shape index (κ2) is 9.00. The van der Waals surface area contributed by atoms with Crippen LogP contribution in [0.1, 0.15) is 56.2 Å². The van der Waals surface area contributed by atoms with Gasteiger partial charge in [-0.2, -0.15) is 0 Å². The van der Waals surface area contributed by atoms with Crippen LogP contribution in [0.15, 0.2) is 54.7 Å². The number of aryl methyl sites for hydroxylation is 2. The van der Waals surface area contributed by atoms with Crippen LogP contribution in [0.4, 0.5) is 5.69 Å². The quantitative estimate of drug-likeness (QED) is 0.440. The standard InChI is InChI=1S/C22H28N2S/c1-3-5-6-7-8-19-9-13-20(14-10-19)22-17-23-24(25-22)21-15-11-18(4-2)12-16-21/h9-17,23H,3-8H2,1-2H3. The average Bonchev–Trinajstić information content (AvgIpc) is 3.16. The van der Waals surface area contributed by atoms with Crippen molar-refractivity contribution in [2.24, 2.45) is 0 Å². The lowest BCUT2D eigenvalue weighted by atomic mass is 10.0. The number of rotatable bonds is 8. The molecule has 25 heavy (non-hydrogen) atoms. The van der Waals surface area contributed by atoms with Crippen molar-refractivity contribution >= 4 is 22.5 Å². The largest absolute Gasteiger partial charge is 0.294 e. The van der Waals surface area contributed by atoms with E-state index in [2.05, 4.69) is 78.4 Å². The Morgan fingerprint density at radius 2 is 1.56 bits per heavy atom. The zero-order chi connectivity index (χ0) is 17.5. The van der Waals surface area contributed by atoms with Crippen LogP contribution in [0.3, 0.4) is 0 Å². The Labute approximate surface area is 156 Å². The van der Waals surface area contributed by atoms with Gasteiger partial charge in [0.1, 0.15) is 0 Å². The third-order valence-electron chi connectivity index (χ3n) is 4.64. The Morgan fingerprint density at radius 3 is 2.24 bits per heavy atom. The van der Waals surface area contributed by atoms with Crippen LogP contribution in [0, 0.1) is 0 Å². The Kier molecular flexibility index (Phi) is 6.46. The second-order valence-corrected chi connectivity index (χ2v) is 7.54. The molecule has 0 saturated heterocycles. The maximum atomic E-state index is 3.36. The molecule has 3 heteroatoms. The molecule has 0 amide bonds. The summed E-state index contributed by atoms with van der Waals surface area (Å²) in [5, 5.41) is 0. The molecule has 2 aromatic carbocycles. The summed E-state index contributed by atoms with van der Waals surface area (Å²) in [6.07, 6.45) is 9.66. The molecule has 3 rings (SSSR count). The van der Waals surface area contributed by atoms with Crippen LogP contribution in [-0.2, 0) is 12.8 Å². The fourth-order valence-corrected chi connectivity index (χ4v) is 3.87. The molecule has 0 saturated carbocycles. The summed E-state index contributed by atoms with van der Waals surface area (Å²) in [6, 6.07) is 17.8. The number of nitrogens with one attached hydrogen (secondary N) is 1. The average molecular weight is 353 g/mol. The summed E-state index contributed by atoms with van der Waals surface area (Å²) in [5.74, 6) is 0. The van der Waals surface area contributed by atoms with Gasteiger partial charge in [-0.1, -0.05) is 69.5 Å². The lowest BCUT2D eigenvalue weighted by molar-refractivity contribution is 0.667. The first-order chi connectivity index (χ1) is 12.3. The molecule has 1 aliphatic rings. The van der Waals surface area contributed by atoms with Gasteiger partial charge in [-0.3, -0.25) is 5.43 Å². The van der Waals surface area contributed by atoms with E-state index in [1.54, 1.807) is 11.9 Å². The van der Waals surface area contributed by atoms with E-state index < -0.39 is 0 Å². The van der Waals surface area contributed by atoms with E-state index in [0.717, 1.165) is 6.42 Å². The number of anilines is 1. The van der Waals surface area contributed by atoms with Gasteiger partial charge in [0.15, 0.2) is 0 Å². The second-order valence-electron chi connectivity index (χ2n) is 6.55. The van der Waals surface area contributed by atoms with E-state index in [0.29, 0.717) is 0 Å². The van der Waals surface area contributed by atoms with E-state index in [1.165, 1.54) is 59.4 Å². The van der Waals surface area contributed by atoms with Crippen molar-refractivity contribution in [2.75, 3.05) is 4.41 Å². The van der Waals surface area contributed by atoms with Crippen molar-refractivity contribution in [3.63, 3.8) is 0 Å². The number of hydrazine groups is 1. The van der Waals surface area contributed by atoms with Crippen LogP contribution >= 0.6 is 11.9 Å². The Bertz CT molecular complexity index is 689. The number of nitrogens with zero attached hydrogens (tertiary/aromatic N) is 1. The van der Waals surface area contributed by atoms with Crippen LogP contribution < -0.4 is 9.84 Å². The molecule has 1 N–H and O–H groups in total. The van der Waals surface area contributed by atoms with Gasteiger partial charge in [0, 0.05) is 18.1 Å². The summed E-state index contributed by atoms with van der Waals surface area (Å²) in [4.78, 5) is 1.26. The van der Waals surface area contributed by atoms with Gasteiger partial charge in [0.2, 0.25) is 0 Å². The number of unbranched alkanes of at least 4 members (excludes halogenated alkanes) is 3. The summed E-state index contributed by atoms with van der Waals surface area (Å²) in [5.41, 5.74) is 8.64. The van der Waals surface area contributed by atoms with Crippen LogP contribution in [0.25, 0.3) is 4.91 Å². The highest BCUT2D eigenvalue weighted by Crippen LogP contribution is 2.36. The number of benzene rings is 2. The van der Waals surface area contributed by atoms with Crippen molar-refractivity contribution in [1.29, 1.82) is 0 Å². The van der Waals surface area contributed by atoms with Crippen molar-refractivity contribution in [1.82, 2.24) is 5.43 Å². The first-order valence-electron chi connectivity index (χ1n) is 9.43. The fourth-order valence-electron chi connectivity index (χ4n) is 2.99. The van der Waals surface area contributed by atoms with Gasteiger partial charge >= 0.3 is 0 Å². The van der Waals surface area contributed by atoms with Crippen molar-refractivity contribution in [3.8, 4) is 0 Å². The Balaban J connectivity index is 1.56. The fraction of sp³-hybridized carbons (Fsp3) is 0.364. The topological polar surface area (TPSA) is 15.3 Å². The monoisotopic (exact) mass is 352 g/mol. The van der Waals surface area contributed by atoms with E-state index in [-0.39, 0.29) is 0 Å². The maximum Gasteiger partial charge on any atom is 0.0704 e. The van der Waals surface area contributed by atoms with Gasteiger partial charge in [-0.25, -0.2) is 4.41 Å². The smallest absolute Gasteiger partial charge is 0.0704 e. The predicted octanol–water partition coefficient (Wildman–Crippen LogP) is 6.34. The zero-order valence-electron chi connectivity index (χ0n) is 15.3. The van der Waals surface area contributed by atoms with E-state index in [4.69, 9.17) is 0 Å². The molecular weight excluding hydrogens is 324 g/mol. The minimum absolute atomic E-state index is 1.08. The molecule has 0 fully saturated rings. The lowest BCUT2D eigenvalue weighted by Gasteiger charge is -2.17. The van der Waals surface area contributed by atoms with E-state index in [9.17, 15) is 0 Å². The molecule has 1 aliphatic heterocycles. The molecular formula is C22H28N2S. The minimum Gasteiger partial charge on any atom is -0.294 e. The van der Waals surface area contributed by atoms with Gasteiger partial charge in [-0.05, 0) is 48.1 Å². The molecule has 0 spiro atoms. The van der Waals surface area contributed by atoms with Gasteiger partial charge < -0.3 is 0 Å². The summed E-state index contributed by atoms with van der Waals surface area (Å²) in [7, 11) is 0. The summed E-state index contributed by atoms with van der Waals surface area (Å²) < 4.78 is 2.12. The van der Waals surface area contributed by atoms with E-state index >= 15 is 0 Å². The van der Waals surface area contributed by atoms with Crippen molar-refractivity contribution < 1.29 is 0 Å². The molecule has 0 aliphatic carbocycles. The Hall–Kier alpha value is -1.87. The third kappa shape index (κ3) is 4.82. The maximum absolute atomic E-state index is 3.36. The van der Waals surface area contributed by atoms with E-state index in [1.807, 2.05) is 0 Å². The SMILES string of the molecule is CCCCCCc1ccc(C2=CNN(c3ccc(CC)cc3)S2)cc1. The molecule has 132 valence electrons. The molecule has 1 heterocycles. The Morgan fingerprint density at radius 1 is 0.840 bits per heavy atom. The highest BCUT2D eigenvalue weighted by atomic mass is 32.2. The van der Waals surface area contributed by atoms with Crippen LogP contribution in [-0.4, -0.2) is 0 Å². The molecule has 2 nitrogen and oxygen atoms in total. The van der Waals surface area contributed by atoms with Gasteiger partial charge in [0.25, 0.3) is 0 Å². The molecule has 0 radical (unpaired) electrons. The van der Waals surface area contributed by atoms with Gasteiger partial charge in [-0.15, -0.1) is 0 Å². The van der Waals surface area contributed by atoms with Crippen molar-refractivity contribution in [2.45, 2.75) is 52.4 Å². The van der Waals surface area contributed by atoms with Crippen molar-refractivity contribution in [3.05, 3.63) is 71.4 Å². The molecule has 0 atom stereocenters. The normalized spacial score (nSPS) is 13.7. The zero-order valence-corrected chi connectivity index (χ0v) is 16.1. The third-order valence-corrected chi connectivity index (χ3v) is 5.69. The van der Waals surface area contributed by atoms with Crippen LogP contribution in [0.5, 0.6) is 0 Å². The molecule has 2 aromatic rings. The molecule has 0 aromatic heterocycles. The highest BCUT2D eigenvalue weighted by molar-refractivity contribution is 8.09. The summed E-state index contributed by atoms with van der Waals surface area (Å²) >= 11 is 1.74. The minimum atomic E-state index is 1.08. The van der Waals surface area contributed by atoms with Gasteiger partial charge in [0.05, 0.1) is 10.6 Å².